The number of benzene rings is 1. The Bertz CT molecular complexity index is 603. The largest absolute Gasteiger partial charge is 0.383 e. The summed E-state index contributed by atoms with van der Waals surface area (Å²) in [6.07, 6.45) is 0. The number of aromatic nitrogens is 2. The van der Waals surface area contributed by atoms with Crippen molar-refractivity contribution in [2.24, 2.45) is 0 Å². The van der Waals surface area contributed by atoms with Crippen LogP contribution >= 0.6 is 27.5 Å². The second-order valence-electron chi connectivity index (χ2n) is 4.72. The zero-order chi connectivity index (χ0) is 14.2. The van der Waals surface area contributed by atoms with Gasteiger partial charge in [-0.15, -0.1) is 0 Å². The number of hydrogen-bond donors (Lipinski definition) is 1. The molecule has 19 heavy (non-hydrogen) atoms. The minimum atomic E-state index is 0.311. The lowest BCUT2D eigenvalue weighted by atomic mass is 10.0. The van der Waals surface area contributed by atoms with Gasteiger partial charge in [-0.3, -0.25) is 0 Å². The van der Waals surface area contributed by atoms with Crippen LogP contribution in [-0.4, -0.2) is 9.97 Å². The SMILES string of the molecule is Cc1nc(-c2ccc(Cl)c(Br)c2)nc(N)c1C(C)C. The number of rotatable bonds is 2. The van der Waals surface area contributed by atoms with Crippen LogP contribution in [0, 0.1) is 6.92 Å². The van der Waals surface area contributed by atoms with Gasteiger partial charge in [0.25, 0.3) is 0 Å². The van der Waals surface area contributed by atoms with Crippen LogP contribution in [0.15, 0.2) is 22.7 Å². The number of hydrogen-bond acceptors (Lipinski definition) is 3. The van der Waals surface area contributed by atoms with Crippen molar-refractivity contribution in [2.75, 3.05) is 5.73 Å². The number of nitrogen functional groups attached to an aromatic ring is 1. The molecule has 0 atom stereocenters. The van der Waals surface area contributed by atoms with E-state index >= 15 is 0 Å². The lowest BCUT2D eigenvalue weighted by molar-refractivity contribution is 0.836. The molecule has 0 fully saturated rings. The smallest absolute Gasteiger partial charge is 0.161 e. The van der Waals surface area contributed by atoms with Crippen molar-refractivity contribution in [2.45, 2.75) is 26.7 Å². The first-order valence-electron chi connectivity index (χ1n) is 5.99. The molecule has 2 N–H and O–H groups in total. The van der Waals surface area contributed by atoms with Gasteiger partial charge in [-0.05, 0) is 47.0 Å². The molecule has 100 valence electrons. The van der Waals surface area contributed by atoms with Crippen LogP contribution < -0.4 is 5.73 Å². The Morgan fingerprint density at radius 1 is 1.26 bits per heavy atom. The molecular formula is C14H15BrClN3. The maximum absolute atomic E-state index is 6.04. The molecule has 3 nitrogen and oxygen atoms in total. The minimum absolute atomic E-state index is 0.311. The van der Waals surface area contributed by atoms with E-state index in [9.17, 15) is 0 Å². The van der Waals surface area contributed by atoms with Crippen molar-refractivity contribution in [3.05, 3.63) is 39.0 Å². The van der Waals surface area contributed by atoms with Gasteiger partial charge in [0.05, 0.1) is 5.02 Å². The number of anilines is 1. The number of aryl methyl sites for hydroxylation is 1. The Morgan fingerprint density at radius 2 is 1.95 bits per heavy atom. The summed E-state index contributed by atoms with van der Waals surface area (Å²) >= 11 is 9.38. The molecule has 1 aromatic heterocycles. The maximum Gasteiger partial charge on any atom is 0.161 e. The van der Waals surface area contributed by atoms with E-state index in [0.717, 1.165) is 21.3 Å². The second kappa shape index (κ2) is 5.47. The third-order valence-corrected chi connectivity index (χ3v) is 4.13. The Morgan fingerprint density at radius 3 is 2.47 bits per heavy atom. The van der Waals surface area contributed by atoms with E-state index in [1.807, 2.05) is 25.1 Å². The van der Waals surface area contributed by atoms with Crippen LogP contribution in [-0.2, 0) is 0 Å². The fourth-order valence-corrected chi connectivity index (χ4v) is 2.58. The van der Waals surface area contributed by atoms with Gasteiger partial charge in [0.15, 0.2) is 5.82 Å². The third kappa shape index (κ3) is 2.90. The van der Waals surface area contributed by atoms with Crippen LogP contribution in [0.25, 0.3) is 11.4 Å². The van der Waals surface area contributed by atoms with E-state index in [1.54, 1.807) is 0 Å². The molecule has 0 amide bonds. The summed E-state index contributed by atoms with van der Waals surface area (Å²) in [6, 6.07) is 5.59. The molecule has 0 aliphatic heterocycles. The monoisotopic (exact) mass is 339 g/mol. The van der Waals surface area contributed by atoms with E-state index in [0.29, 0.717) is 22.6 Å². The van der Waals surface area contributed by atoms with Gasteiger partial charge in [0.2, 0.25) is 0 Å². The fourth-order valence-electron chi connectivity index (χ4n) is 2.08. The molecule has 0 saturated carbocycles. The molecule has 0 bridgehead atoms. The molecule has 0 aliphatic rings. The lowest BCUT2D eigenvalue weighted by Gasteiger charge is -2.13. The van der Waals surface area contributed by atoms with E-state index in [-0.39, 0.29) is 0 Å². The van der Waals surface area contributed by atoms with Crippen molar-refractivity contribution >= 4 is 33.3 Å². The average molecular weight is 341 g/mol. The molecule has 2 aromatic rings. The van der Waals surface area contributed by atoms with Crippen molar-refractivity contribution in [3.8, 4) is 11.4 Å². The fraction of sp³-hybridized carbons (Fsp3) is 0.286. The summed E-state index contributed by atoms with van der Waals surface area (Å²) in [5, 5.41) is 0.659. The van der Waals surface area contributed by atoms with Crippen molar-refractivity contribution in [1.82, 2.24) is 9.97 Å². The van der Waals surface area contributed by atoms with Crippen LogP contribution in [0.2, 0.25) is 5.02 Å². The van der Waals surface area contributed by atoms with Gasteiger partial charge in [0.1, 0.15) is 5.82 Å². The topological polar surface area (TPSA) is 51.8 Å². The van der Waals surface area contributed by atoms with Gasteiger partial charge in [-0.2, -0.15) is 0 Å². The molecule has 1 heterocycles. The molecule has 0 saturated heterocycles. The van der Waals surface area contributed by atoms with Crippen LogP contribution in [0.4, 0.5) is 5.82 Å². The Balaban J connectivity index is 2.55. The first-order chi connectivity index (χ1) is 8.90. The molecule has 0 spiro atoms. The third-order valence-electron chi connectivity index (χ3n) is 2.92. The summed E-state index contributed by atoms with van der Waals surface area (Å²) in [6.45, 7) is 6.13. The molecule has 0 aliphatic carbocycles. The predicted octanol–water partition coefficient (Wildman–Crippen LogP) is 4.57. The van der Waals surface area contributed by atoms with Gasteiger partial charge in [0, 0.05) is 21.3 Å². The van der Waals surface area contributed by atoms with E-state index in [2.05, 4.69) is 39.7 Å². The molecule has 0 radical (unpaired) electrons. The molecule has 2 rings (SSSR count). The molecule has 1 aromatic carbocycles. The van der Waals surface area contributed by atoms with Gasteiger partial charge in [-0.25, -0.2) is 9.97 Å². The van der Waals surface area contributed by atoms with E-state index in [1.165, 1.54) is 0 Å². The molecule has 5 heteroatoms. The van der Waals surface area contributed by atoms with E-state index < -0.39 is 0 Å². The average Bonchev–Trinajstić information content (AvgIpc) is 2.31. The number of halogens is 2. The Hall–Kier alpha value is -1.13. The van der Waals surface area contributed by atoms with Gasteiger partial charge < -0.3 is 5.73 Å². The predicted molar refractivity (Wildman–Crippen MR) is 83.4 cm³/mol. The zero-order valence-electron chi connectivity index (χ0n) is 11.0. The second-order valence-corrected chi connectivity index (χ2v) is 5.98. The van der Waals surface area contributed by atoms with Gasteiger partial charge >= 0.3 is 0 Å². The van der Waals surface area contributed by atoms with Crippen LogP contribution in [0.1, 0.15) is 31.0 Å². The number of nitrogens with two attached hydrogens (primary N) is 1. The Kier molecular flexibility index (Phi) is 4.11. The van der Waals surface area contributed by atoms with Crippen LogP contribution in [0.5, 0.6) is 0 Å². The summed E-state index contributed by atoms with van der Waals surface area (Å²) in [5.74, 6) is 1.48. The summed E-state index contributed by atoms with van der Waals surface area (Å²) in [7, 11) is 0. The summed E-state index contributed by atoms with van der Waals surface area (Å²) in [5.41, 5.74) is 8.86. The van der Waals surface area contributed by atoms with Crippen molar-refractivity contribution < 1.29 is 0 Å². The standard InChI is InChI=1S/C14H15BrClN3/c1-7(2)12-8(3)18-14(19-13(12)17)9-4-5-11(16)10(15)6-9/h4-7H,1-3H3,(H2,17,18,19). The maximum atomic E-state index is 6.04. The number of nitrogens with zero attached hydrogens (tertiary/aromatic N) is 2. The van der Waals surface area contributed by atoms with E-state index in [4.69, 9.17) is 17.3 Å². The van der Waals surface area contributed by atoms with Crippen LogP contribution in [0.3, 0.4) is 0 Å². The minimum Gasteiger partial charge on any atom is -0.383 e. The zero-order valence-corrected chi connectivity index (χ0v) is 13.4. The first kappa shape index (κ1) is 14.3. The first-order valence-corrected chi connectivity index (χ1v) is 7.16. The lowest BCUT2D eigenvalue weighted by Crippen LogP contribution is -2.06. The highest BCUT2D eigenvalue weighted by atomic mass is 79.9. The van der Waals surface area contributed by atoms with Gasteiger partial charge in [-0.1, -0.05) is 25.4 Å². The normalized spacial score (nSPS) is 11.1. The molecular weight excluding hydrogens is 326 g/mol. The molecule has 0 unspecified atom stereocenters. The highest BCUT2D eigenvalue weighted by molar-refractivity contribution is 9.10. The summed E-state index contributed by atoms with van der Waals surface area (Å²) in [4.78, 5) is 8.94. The van der Waals surface area contributed by atoms with Crippen molar-refractivity contribution in [3.63, 3.8) is 0 Å². The van der Waals surface area contributed by atoms with Crippen molar-refractivity contribution in [1.29, 1.82) is 0 Å². The highest BCUT2D eigenvalue weighted by Gasteiger charge is 2.13. The Labute approximate surface area is 126 Å². The quantitative estimate of drug-likeness (QED) is 0.871. The summed E-state index contributed by atoms with van der Waals surface area (Å²) < 4.78 is 0.819. The highest BCUT2D eigenvalue weighted by Crippen LogP contribution is 2.30.